The Kier molecular flexibility index (Phi) is 5.58. The number of nitrogens with zero attached hydrogens (tertiary/aromatic N) is 3. The minimum absolute atomic E-state index is 0.0188. The summed E-state index contributed by atoms with van der Waals surface area (Å²) in [6.45, 7) is 3.51. The first kappa shape index (κ1) is 20.6. The number of nitro benzene ring substituents is 1. The van der Waals surface area contributed by atoms with Gasteiger partial charge >= 0.3 is 5.97 Å². The molecular formula is C20H18N4O6. The molecular weight excluding hydrogens is 392 g/mol. The minimum Gasteiger partial charge on any atom is -0.457 e. The van der Waals surface area contributed by atoms with Gasteiger partial charge in [-0.2, -0.15) is 0 Å². The molecule has 0 aliphatic rings. The molecule has 0 saturated heterocycles. The summed E-state index contributed by atoms with van der Waals surface area (Å²) >= 11 is 0. The van der Waals surface area contributed by atoms with Gasteiger partial charge in [-0.25, -0.2) is 9.78 Å². The molecule has 0 spiro atoms. The van der Waals surface area contributed by atoms with Gasteiger partial charge in [-0.1, -0.05) is 0 Å². The van der Waals surface area contributed by atoms with E-state index in [1.54, 1.807) is 17.6 Å². The molecule has 0 atom stereocenters. The van der Waals surface area contributed by atoms with E-state index >= 15 is 0 Å². The minimum atomic E-state index is -0.800. The Balaban J connectivity index is 1.87. The maximum absolute atomic E-state index is 12.5. The number of ether oxygens (including phenoxy) is 1. The Bertz CT molecular complexity index is 1250. The van der Waals surface area contributed by atoms with Crippen LogP contribution in [0.3, 0.4) is 0 Å². The summed E-state index contributed by atoms with van der Waals surface area (Å²) in [5.74, 6) is -1.51. The third-order valence-electron chi connectivity index (χ3n) is 4.59. The lowest BCUT2D eigenvalue weighted by atomic mass is 10.1. The summed E-state index contributed by atoms with van der Waals surface area (Å²) < 4.78 is 6.76. The Labute approximate surface area is 170 Å². The maximum Gasteiger partial charge on any atom is 0.338 e. The van der Waals surface area contributed by atoms with Crippen molar-refractivity contribution in [2.45, 2.75) is 27.0 Å². The largest absolute Gasteiger partial charge is 0.457 e. The molecule has 154 valence electrons. The van der Waals surface area contributed by atoms with Crippen LogP contribution in [0.1, 0.15) is 38.9 Å². The fraction of sp³-hybridized carbons (Fsp3) is 0.200. The van der Waals surface area contributed by atoms with E-state index in [-0.39, 0.29) is 34.5 Å². The van der Waals surface area contributed by atoms with Gasteiger partial charge < -0.3 is 15.0 Å². The fourth-order valence-electron chi connectivity index (χ4n) is 3.05. The quantitative estimate of drug-likeness (QED) is 0.372. The fourth-order valence-corrected chi connectivity index (χ4v) is 3.05. The molecule has 0 bridgehead atoms. The van der Waals surface area contributed by atoms with Crippen molar-refractivity contribution in [3.05, 3.63) is 79.3 Å². The van der Waals surface area contributed by atoms with Crippen LogP contribution < -0.4 is 11.3 Å². The van der Waals surface area contributed by atoms with Crippen LogP contribution in [0, 0.1) is 17.0 Å². The van der Waals surface area contributed by atoms with Gasteiger partial charge in [-0.3, -0.25) is 19.7 Å². The molecule has 0 saturated carbocycles. The van der Waals surface area contributed by atoms with Crippen LogP contribution in [0.5, 0.6) is 0 Å². The zero-order chi connectivity index (χ0) is 22.0. The molecule has 10 nitrogen and oxygen atoms in total. The maximum atomic E-state index is 12.5. The van der Waals surface area contributed by atoms with Gasteiger partial charge in [0.15, 0.2) is 0 Å². The number of hydrogen-bond acceptors (Lipinski definition) is 7. The van der Waals surface area contributed by atoms with Crippen molar-refractivity contribution < 1.29 is 19.2 Å². The number of benzene rings is 2. The second-order valence-corrected chi connectivity index (χ2v) is 6.49. The Morgan fingerprint density at radius 1 is 1.20 bits per heavy atom. The van der Waals surface area contributed by atoms with E-state index in [4.69, 9.17) is 10.5 Å². The molecule has 1 amide bonds. The van der Waals surface area contributed by atoms with Crippen LogP contribution in [0.15, 0.2) is 41.2 Å². The highest BCUT2D eigenvalue weighted by molar-refractivity contribution is 5.94. The molecule has 10 heteroatoms. The topological polar surface area (TPSA) is 147 Å². The van der Waals surface area contributed by atoms with E-state index in [9.17, 15) is 24.5 Å². The molecule has 0 radical (unpaired) electrons. The predicted octanol–water partition coefficient (Wildman–Crippen LogP) is 2.09. The first-order valence-electron chi connectivity index (χ1n) is 8.98. The van der Waals surface area contributed by atoms with Gasteiger partial charge in [0, 0.05) is 18.2 Å². The van der Waals surface area contributed by atoms with Crippen LogP contribution in [-0.2, 0) is 17.9 Å². The molecule has 0 aliphatic heterocycles. The number of amides is 1. The van der Waals surface area contributed by atoms with Gasteiger partial charge in [0.1, 0.15) is 12.3 Å². The number of carbonyl (C=O) groups is 2. The molecule has 3 rings (SSSR count). The number of fused-ring (bicyclic) bond motifs is 1. The highest BCUT2D eigenvalue weighted by Gasteiger charge is 2.19. The Hall–Kier alpha value is -4.08. The number of esters is 1. The number of primary amides is 1. The van der Waals surface area contributed by atoms with Crippen molar-refractivity contribution in [2.24, 2.45) is 5.73 Å². The van der Waals surface area contributed by atoms with E-state index < -0.39 is 16.8 Å². The number of carbonyl (C=O) groups excluding carboxylic acids is 2. The van der Waals surface area contributed by atoms with E-state index in [2.05, 4.69) is 4.98 Å². The normalized spacial score (nSPS) is 10.7. The third kappa shape index (κ3) is 3.88. The smallest absolute Gasteiger partial charge is 0.338 e. The summed E-state index contributed by atoms with van der Waals surface area (Å²) in [5, 5.41) is 11.3. The van der Waals surface area contributed by atoms with Crippen LogP contribution in [0.4, 0.5) is 5.69 Å². The van der Waals surface area contributed by atoms with Crippen molar-refractivity contribution in [1.29, 1.82) is 0 Å². The Morgan fingerprint density at radius 2 is 1.90 bits per heavy atom. The average Bonchev–Trinajstić information content (AvgIpc) is 2.72. The number of aryl methyl sites for hydroxylation is 2. The SMILES string of the molecule is CCn1c(=O)c(C)nc2cc(C(=O)OCc3ccc(C(N)=O)cc3[N+](=O)[O-])ccc21. The summed E-state index contributed by atoms with van der Waals surface area (Å²) in [4.78, 5) is 50.7. The molecule has 0 aliphatic carbocycles. The van der Waals surface area contributed by atoms with Crippen LogP contribution in [0.25, 0.3) is 11.0 Å². The molecule has 2 N–H and O–H groups in total. The number of nitro groups is 1. The Morgan fingerprint density at radius 3 is 2.53 bits per heavy atom. The predicted molar refractivity (Wildman–Crippen MR) is 107 cm³/mol. The van der Waals surface area contributed by atoms with Crippen LogP contribution in [-0.4, -0.2) is 26.4 Å². The zero-order valence-electron chi connectivity index (χ0n) is 16.2. The molecule has 0 fully saturated rings. The van der Waals surface area contributed by atoms with Gasteiger partial charge in [-0.15, -0.1) is 0 Å². The van der Waals surface area contributed by atoms with Gasteiger partial charge in [0.2, 0.25) is 5.91 Å². The van der Waals surface area contributed by atoms with Gasteiger partial charge in [0.25, 0.3) is 11.2 Å². The summed E-state index contributed by atoms with van der Waals surface area (Å²) in [6, 6.07) is 8.28. The van der Waals surface area contributed by atoms with E-state index in [0.29, 0.717) is 23.3 Å². The highest BCUT2D eigenvalue weighted by atomic mass is 16.6. The van der Waals surface area contributed by atoms with Crippen molar-refractivity contribution in [1.82, 2.24) is 9.55 Å². The third-order valence-corrected chi connectivity index (χ3v) is 4.59. The van der Waals surface area contributed by atoms with Gasteiger partial charge in [0.05, 0.1) is 27.1 Å². The van der Waals surface area contributed by atoms with Crippen molar-refractivity contribution in [3.63, 3.8) is 0 Å². The van der Waals surface area contributed by atoms with Crippen molar-refractivity contribution >= 4 is 28.6 Å². The standard InChI is InChI=1S/C20H18N4O6/c1-3-23-16-7-6-13(8-15(16)22-11(2)19(23)26)20(27)30-10-14-5-4-12(18(21)25)9-17(14)24(28)29/h4-9H,3,10H2,1-2H3,(H2,21,25). The summed E-state index contributed by atoms with van der Waals surface area (Å²) in [6.07, 6.45) is 0. The molecule has 30 heavy (non-hydrogen) atoms. The van der Waals surface area contributed by atoms with Crippen molar-refractivity contribution in [3.8, 4) is 0 Å². The van der Waals surface area contributed by atoms with Crippen LogP contribution in [0.2, 0.25) is 0 Å². The lowest BCUT2D eigenvalue weighted by molar-refractivity contribution is -0.385. The summed E-state index contributed by atoms with van der Waals surface area (Å²) in [5.41, 5.74) is 6.20. The number of hydrogen-bond donors (Lipinski definition) is 1. The van der Waals surface area contributed by atoms with E-state index in [0.717, 1.165) is 6.07 Å². The average molecular weight is 410 g/mol. The number of nitrogens with two attached hydrogens (primary N) is 1. The lowest BCUT2D eigenvalue weighted by Gasteiger charge is -2.10. The molecule has 2 aromatic carbocycles. The molecule has 1 heterocycles. The lowest BCUT2D eigenvalue weighted by Crippen LogP contribution is -2.23. The van der Waals surface area contributed by atoms with Gasteiger partial charge in [-0.05, 0) is 44.2 Å². The summed E-state index contributed by atoms with van der Waals surface area (Å²) in [7, 11) is 0. The first-order chi connectivity index (χ1) is 14.2. The molecule has 3 aromatic rings. The second-order valence-electron chi connectivity index (χ2n) is 6.49. The molecule has 0 unspecified atom stereocenters. The van der Waals surface area contributed by atoms with E-state index in [1.165, 1.54) is 24.3 Å². The second kappa shape index (κ2) is 8.11. The highest BCUT2D eigenvalue weighted by Crippen LogP contribution is 2.22. The van der Waals surface area contributed by atoms with Crippen LogP contribution >= 0.6 is 0 Å². The van der Waals surface area contributed by atoms with Crippen molar-refractivity contribution in [2.75, 3.05) is 0 Å². The van der Waals surface area contributed by atoms with E-state index in [1.807, 2.05) is 6.92 Å². The molecule has 1 aromatic heterocycles. The number of rotatable bonds is 6. The zero-order valence-corrected chi connectivity index (χ0v) is 16.2. The monoisotopic (exact) mass is 410 g/mol. The number of aromatic nitrogens is 2. The first-order valence-corrected chi connectivity index (χ1v) is 8.98.